The number of fused-ring (bicyclic) bond motifs is 3. The van der Waals surface area contributed by atoms with Gasteiger partial charge in [0.05, 0.1) is 12.5 Å². The average Bonchev–Trinajstić information content (AvgIpc) is 2.94. The number of methoxy groups -OCH3 is 1. The van der Waals surface area contributed by atoms with Gasteiger partial charge in [-0.2, -0.15) is 0 Å². The predicted octanol–water partition coefficient (Wildman–Crippen LogP) is 4.32. The summed E-state index contributed by atoms with van der Waals surface area (Å²) in [5, 5.41) is 4.63. The Morgan fingerprint density at radius 2 is 2.09 bits per heavy atom. The van der Waals surface area contributed by atoms with Gasteiger partial charge in [0.2, 0.25) is 0 Å². The highest BCUT2D eigenvalue weighted by atomic mass is 32.1. The highest BCUT2D eigenvalue weighted by Gasteiger charge is 2.19. The normalized spacial score (nSPS) is 13.9. The number of anilines is 2. The lowest BCUT2D eigenvalue weighted by molar-refractivity contribution is 0.415. The van der Waals surface area contributed by atoms with E-state index in [9.17, 15) is 0 Å². The fourth-order valence-electron chi connectivity index (χ4n) is 3.02. The van der Waals surface area contributed by atoms with Crippen LogP contribution in [0.25, 0.3) is 10.2 Å². The van der Waals surface area contributed by atoms with Crippen molar-refractivity contribution in [3.63, 3.8) is 0 Å². The number of ether oxygens (including phenoxy) is 1. The summed E-state index contributed by atoms with van der Waals surface area (Å²) < 4.78 is 5.28. The molecule has 4 rings (SSSR count). The van der Waals surface area contributed by atoms with Crippen LogP contribution in [0.15, 0.2) is 30.6 Å². The number of nitrogens with one attached hydrogen (secondary N) is 1. The maximum Gasteiger partial charge on any atom is 0.142 e. The molecular weight excluding hydrogens is 294 g/mol. The van der Waals surface area contributed by atoms with Gasteiger partial charge in [-0.25, -0.2) is 9.97 Å². The highest BCUT2D eigenvalue weighted by molar-refractivity contribution is 7.19. The van der Waals surface area contributed by atoms with Crippen LogP contribution in [0.5, 0.6) is 5.75 Å². The number of hydrogen-bond donors (Lipinski definition) is 1. The molecule has 0 spiro atoms. The van der Waals surface area contributed by atoms with Gasteiger partial charge in [0, 0.05) is 16.6 Å². The first-order chi connectivity index (χ1) is 10.8. The summed E-state index contributed by atoms with van der Waals surface area (Å²) in [6.07, 6.45) is 6.50. The molecule has 0 saturated heterocycles. The number of hydrogen-bond acceptors (Lipinski definition) is 5. The van der Waals surface area contributed by atoms with Crippen LogP contribution in [-0.4, -0.2) is 17.1 Å². The van der Waals surface area contributed by atoms with Crippen LogP contribution in [0.2, 0.25) is 0 Å². The average molecular weight is 311 g/mol. The zero-order valence-corrected chi connectivity index (χ0v) is 13.2. The molecule has 0 fully saturated rings. The van der Waals surface area contributed by atoms with Gasteiger partial charge in [-0.15, -0.1) is 11.3 Å². The molecule has 1 N–H and O–H groups in total. The molecule has 0 saturated carbocycles. The van der Waals surface area contributed by atoms with E-state index in [1.54, 1.807) is 13.4 Å². The maximum atomic E-state index is 5.28. The Labute approximate surface area is 133 Å². The molecule has 4 nitrogen and oxygen atoms in total. The number of rotatable bonds is 3. The predicted molar refractivity (Wildman–Crippen MR) is 90.3 cm³/mol. The first-order valence-corrected chi connectivity index (χ1v) is 8.33. The first-order valence-electron chi connectivity index (χ1n) is 7.51. The second-order valence-corrected chi connectivity index (χ2v) is 6.55. The summed E-state index contributed by atoms with van der Waals surface area (Å²) in [7, 11) is 1.68. The third-order valence-electron chi connectivity index (χ3n) is 4.08. The Hall–Kier alpha value is -2.14. The van der Waals surface area contributed by atoms with E-state index in [2.05, 4.69) is 15.3 Å². The molecule has 0 bridgehead atoms. The number of benzene rings is 1. The lowest BCUT2D eigenvalue weighted by Gasteiger charge is -2.12. The molecule has 1 aliphatic carbocycles. The molecule has 0 aliphatic heterocycles. The minimum atomic E-state index is 0.836. The molecule has 0 unspecified atom stereocenters. The van der Waals surface area contributed by atoms with Crippen molar-refractivity contribution in [1.29, 1.82) is 0 Å². The number of aromatic nitrogens is 2. The van der Waals surface area contributed by atoms with Crippen molar-refractivity contribution in [3.05, 3.63) is 41.0 Å². The van der Waals surface area contributed by atoms with Crippen molar-refractivity contribution in [3.8, 4) is 5.75 Å². The lowest BCUT2D eigenvalue weighted by Crippen LogP contribution is -2.01. The number of nitrogens with zero attached hydrogens (tertiary/aromatic N) is 2. The molecule has 1 aromatic carbocycles. The molecule has 112 valence electrons. The van der Waals surface area contributed by atoms with Crippen molar-refractivity contribution in [2.24, 2.45) is 0 Å². The van der Waals surface area contributed by atoms with Gasteiger partial charge in [0.1, 0.15) is 22.7 Å². The highest BCUT2D eigenvalue weighted by Crippen LogP contribution is 2.38. The van der Waals surface area contributed by atoms with Gasteiger partial charge >= 0.3 is 0 Å². The van der Waals surface area contributed by atoms with Gasteiger partial charge in [-0.05, 0) is 43.4 Å². The molecule has 0 amide bonds. The summed E-state index contributed by atoms with van der Waals surface area (Å²) in [5.74, 6) is 1.74. The smallest absolute Gasteiger partial charge is 0.142 e. The topological polar surface area (TPSA) is 47.0 Å². The largest absolute Gasteiger partial charge is 0.497 e. The Balaban J connectivity index is 1.79. The quantitative estimate of drug-likeness (QED) is 0.782. The van der Waals surface area contributed by atoms with Crippen molar-refractivity contribution >= 4 is 33.1 Å². The fraction of sp³-hybridized carbons (Fsp3) is 0.294. The Kier molecular flexibility index (Phi) is 3.42. The van der Waals surface area contributed by atoms with E-state index in [0.29, 0.717) is 0 Å². The standard InChI is InChI=1S/C17H17N3OS/c1-21-12-6-4-5-11(9-12)20-16-15-13-7-2-3-8-14(13)22-17(15)19-10-18-16/h4-6,9-10H,2-3,7-8H2,1H3,(H,18,19,20). The van der Waals surface area contributed by atoms with Crippen LogP contribution in [-0.2, 0) is 12.8 Å². The van der Waals surface area contributed by atoms with Crippen molar-refractivity contribution in [1.82, 2.24) is 9.97 Å². The molecule has 2 aromatic heterocycles. The van der Waals surface area contributed by atoms with Crippen molar-refractivity contribution in [2.45, 2.75) is 25.7 Å². The van der Waals surface area contributed by atoms with Crippen LogP contribution in [0.4, 0.5) is 11.5 Å². The lowest BCUT2D eigenvalue weighted by atomic mass is 9.97. The summed E-state index contributed by atoms with van der Waals surface area (Å²) in [6.45, 7) is 0. The summed E-state index contributed by atoms with van der Waals surface area (Å²) >= 11 is 1.82. The minimum absolute atomic E-state index is 0.836. The van der Waals surface area contributed by atoms with Gasteiger partial charge in [-0.3, -0.25) is 0 Å². The number of thiophene rings is 1. The zero-order valence-electron chi connectivity index (χ0n) is 12.4. The third-order valence-corrected chi connectivity index (χ3v) is 5.28. The molecule has 1 aliphatic rings. The van der Waals surface area contributed by atoms with Crippen LogP contribution < -0.4 is 10.1 Å². The SMILES string of the molecule is COc1cccc(Nc2ncnc3sc4c(c23)CCCC4)c1. The number of aryl methyl sites for hydroxylation is 2. The van der Waals surface area contributed by atoms with Gasteiger partial charge in [0.15, 0.2) is 0 Å². The van der Waals surface area contributed by atoms with E-state index >= 15 is 0 Å². The second-order valence-electron chi connectivity index (χ2n) is 5.47. The molecule has 2 heterocycles. The van der Waals surface area contributed by atoms with E-state index in [0.717, 1.165) is 28.5 Å². The second kappa shape index (κ2) is 5.57. The van der Waals surface area contributed by atoms with Gasteiger partial charge < -0.3 is 10.1 Å². The Bertz CT molecular complexity index is 828. The van der Waals surface area contributed by atoms with Crippen LogP contribution in [0.3, 0.4) is 0 Å². The van der Waals surface area contributed by atoms with Crippen LogP contribution in [0, 0.1) is 0 Å². The summed E-state index contributed by atoms with van der Waals surface area (Å²) in [5.41, 5.74) is 2.42. The molecule has 3 aromatic rings. The van der Waals surface area contributed by atoms with E-state index in [1.807, 2.05) is 35.6 Å². The molecule has 22 heavy (non-hydrogen) atoms. The summed E-state index contributed by atoms with van der Waals surface area (Å²) in [4.78, 5) is 11.5. The van der Waals surface area contributed by atoms with E-state index in [-0.39, 0.29) is 0 Å². The van der Waals surface area contributed by atoms with E-state index < -0.39 is 0 Å². The zero-order chi connectivity index (χ0) is 14.9. The monoisotopic (exact) mass is 311 g/mol. The maximum absolute atomic E-state index is 5.28. The van der Waals surface area contributed by atoms with E-state index in [1.165, 1.54) is 35.1 Å². The molecular formula is C17H17N3OS. The van der Waals surface area contributed by atoms with E-state index in [4.69, 9.17) is 4.74 Å². The Morgan fingerprint density at radius 3 is 3.00 bits per heavy atom. The fourth-order valence-corrected chi connectivity index (χ4v) is 4.25. The van der Waals surface area contributed by atoms with Crippen molar-refractivity contribution < 1.29 is 4.74 Å². The Morgan fingerprint density at radius 1 is 1.18 bits per heavy atom. The van der Waals surface area contributed by atoms with Crippen LogP contribution in [0.1, 0.15) is 23.3 Å². The third kappa shape index (κ3) is 2.31. The van der Waals surface area contributed by atoms with Gasteiger partial charge in [-0.1, -0.05) is 6.07 Å². The van der Waals surface area contributed by atoms with Gasteiger partial charge in [0.25, 0.3) is 0 Å². The van der Waals surface area contributed by atoms with Crippen molar-refractivity contribution in [2.75, 3.05) is 12.4 Å². The molecule has 5 heteroatoms. The summed E-state index contributed by atoms with van der Waals surface area (Å²) in [6, 6.07) is 7.91. The molecule has 0 radical (unpaired) electrons. The van der Waals surface area contributed by atoms with Crippen LogP contribution >= 0.6 is 11.3 Å². The minimum Gasteiger partial charge on any atom is -0.497 e. The first kappa shape index (κ1) is 13.5. The molecule has 0 atom stereocenters.